The molecule has 3 heteroatoms. The van der Waals surface area contributed by atoms with Crippen molar-refractivity contribution in [2.45, 2.75) is 32.5 Å². The smallest absolute Gasteiger partial charge is 0.186 e. The maximum Gasteiger partial charge on any atom is 0.186 e. The fourth-order valence-corrected chi connectivity index (χ4v) is 3.22. The number of hydrogen-bond donors (Lipinski definition) is 0. The summed E-state index contributed by atoms with van der Waals surface area (Å²) in [5.74, 6) is 0. The lowest BCUT2D eigenvalue weighted by Crippen LogP contribution is -2.31. The molecule has 2 nitrogen and oxygen atoms in total. The van der Waals surface area contributed by atoms with Crippen LogP contribution in [0.1, 0.15) is 13.3 Å². The summed E-state index contributed by atoms with van der Waals surface area (Å²) < 4.78 is 5.73. The first kappa shape index (κ1) is 12.1. The van der Waals surface area contributed by atoms with Crippen molar-refractivity contribution in [3.05, 3.63) is 0 Å². The summed E-state index contributed by atoms with van der Waals surface area (Å²) in [6.07, 6.45) is 1.27. The Balaban J connectivity index is 3.46. The van der Waals surface area contributed by atoms with Gasteiger partial charge in [0.05, 0.1) is 0 Å². The average molecular weight is 189 g/mol. The molecule has 0 saturated heterocycles. The van der Waals surface area contributed by atoms with Crippen molar-refractivity contribution in [2.24, 2.45) is 0 Å². The topological polar surface area (TPSA) is 12.5 Å². The van der Waals surface area contributed by atoms with Crippen LogP contribution in [0.15, 0.2) is 0 Å². The molecule has 0 rings (SSSR count). The van der Waals surface area contributed by atoms with Crippen molar-refractivity contribution in [2.75, 3.05) is 27.2 Å². The molecule has 0 bridgehead atoms. The largest absolute Gasteiger partial charge is 0.418 e. The molecule has 0 amide bonds. The molecule has 0 atom stereocenters. The Hall–Kier alpha value is 0.137. The highest BCUT2D eigenvalue weighted by atomic mass is 28.4. The van der Waals surface area contributed by atoms with Crippen LogP contribution < -0.4 is 0 Å². The number of nitrogens with zero attached hydrogens (tertiary/aromatic N) is 1. The van der Waals surface area contributed by atoms with Gasteiger partial charge in [-0.15, -0.1) is 0 Å². The van der Waals surface area contributed by atoms with Crippen molar-refractivity contribution < 1.29 is 4.43 Å². The molecule has 0 unspecified atom stereocenters. The zero-order chi connectivity index (χ0) is 9.61. The van der Waals surface area contributed by atoms with Gasteiger partial charge in [-0.05, 0) is 53.1 Å². The predicted octanol–water partition coefficient (Wildman–Crippen LogP) is 2.18. The van der Waals surface area contributed by atoms with Crippen LogP contribution in [0.3, 0.4) is 0 Å². The van der Waals surface area contributed by atoms with E-state index in [0.29, 0.717) is 0 Å². The highest BCUT2D eigenvalue weighted by Gasteiger charge is 2.20. The Bertz CT molecular complexity index is 115. The van der Waals surface area contributed by atoms with E-state index in [1.807, 2.05) is 0 Å². The standard InChI is InChI=1S/C9H23NOSi/c1-6-11-12(4,5)9-7-8-10(2)3/h6-9H2,1-5H3. The van der Waals surface area contributed by atoms with E-state index in [1.165, 1.54) is 19.0 Å². The molecule has 0 N–H and O–H groups in total. The summed E-state index contributed by atoms with van der Waals surface area (Å²) in [5, 5.41) is 0. The van der Waals surface area contributed by atoms with Crippen molar-refractivity contribution in [1.29, 1.82) is 0 Å². The maximum atomic E-state index is 5.73. The molecule has 0 radical (unpaired) electrons. The van der Waals surface area contributed by atoms with E-state index in [-0.39, 0.29) is 0 Å². The van der Waals surface area contributed by atoms with Gasteiger partial charge in [-0.2, -0.15) is 0 Å². The summed E-state index contributed by atoms with van der Waals surface area (Å²) in [6, 6.07) is 1.28. The molecule has 0 aromatic rings. The van der Waals surface area contributed by atoms with Crippen LogP contribution in [0.4, 0.5) is 0 Å². The minimum Gasteiger partial charge on any atom is -0.418 e. The minimum atomic E-state index is -1.30. The molecule has 12 heavy (non-hydrogen) atoms. The fraction of sp³-hybridized carbons (Fsp3) is 1.00. The molecule has 0 fully saturated rings. The quantitative estimate of drug-likeness (QED) is 0.594. The molecular formula is C9H23NOSi. The normalized spacial score (nSPS) is 12.5. The van der Waals surface area contributed by atoms with Crippen LogP contribution in [0.25, 0.3) is 0 Å². The van der Waals surface area contributed by atoms with Crippen LogP contribution in [-0.2, 0) is 4.43 Å². The van der Waals surface area contributed by atoms with E-state index in [0.717, 1.165) is 6.61 Å². The van der Waals surface area contributed by atoms with E-state index < -0.39 is 8.32 Å². The van der Waals surface area contributed by atoms with Crippen molar-refractivity contribution >= 4 is 8.32 Å². The molecule has 74 valence electrons. The molecule has 0 aliphatic rings. The molecular weight excluding hydrogens is 166 g/mol. The Morgan fingerprint density at radius 3 is 2.25 bits per heavy atom. The van der Waals surface area contributed by atoms with Gasteiger partial charge in [0.1, 0.15) is 0 Å². The third-order valence-electron chi connectivity index (χ3n) is 1.92. The zero-order valence-corrected chi connectivity index (χ0v) is 10.2. The van der Waals surface area contributed by atoms with E-state index >= 15 is 0 Å². The lowest BCUT2D eigenvalue weighted by atomic mass is 10.5. The fourth-order valence-electron chi connectivity index (χ4n) is 1.28. The molecule has 0 aliphatic carbocycles. The van der Waals surface area contributed by atoms with E-state index in [2.05, 4.69) is 39.0 Å². The summed E-state index contributed by atoms with van der Waals surface area (Å²) >= 11 is 0. The Morgan fingerprint density at radius 1 is 1.25 bits per heavy atom. The van der Waals surface area contributed by atoms with Crippen molar-refractivity contribution in [3.8, 4) is 0 Å². The Kier molecular flexibility index (Phi) is 5.79. The van der Waals surface area contributed by atoms with E-state index in [9.17, 15) is 0 Å². The summed E-state index contributed by atoms with van der Waals surface area (Å²) in [5.41, 5.74) is 0. The van der Waals surface area contributed by atoms with Gasteiger partial charge in [0.2, 0.25) is 0 Å². The highest BCUT2D eigenvalue weighted by molar-refractivity contribution is 6.71. The molecule has 0 aromatic heterocycles. The van der Waals surface area contributed by atoms with Crippen LogP contribution >= 0.6 is 0 Å². The van der Waals surface area contributed by atoms with Gasteiger partial charge in [0.25, 0.3) is 0 Å². The molecule has 0 spiro atoms. The SMILES string of the molecule is CCO[Si](C)(C)CCCN(C)C. The first-order valence-electron chi connectivity index (χ1n) is 4.76. The number of hydrogen-bond acceptors (Lipinski definition) is 2. The van der Waals surface area contributed by atoms with Gasteiger partial charge in [0.15, 0.2) is 8.32 Å². The lowest BCUT2D eigenvalue weighted by Gasteiger charge is -2.22. The predicted molar refractivity (Wildman–Crippen MR) is 57.1 cm³/mol. The monoisotopic (exact) mass is 189 g/mol. The summed E-state index contributed by atoms with van der Waals surface area (Å²) in [4.78, 5) is 2.23. The summed E-state index contributed by atoms with van der Waals surface area (Å²) in [6.45, 7) is 8.74. The number of rotatable bonds is 6. The second-order valence-corrected chi connectivity index (χ2v) is 8.41. The maximum absolute atomic E-state index is 5.73. The van der Waals surface area contributed by atoms with Crippen LogP contribution in [-0.4, -0.2) is 40.5 Å². The first-order valence-corrected chi connectivity index (χ1v) is 7.88. The van der Waals surface area contributed by atoms with Gasteiger partial charge in [-0.1, -0.05) is 0 Å². The highest BCUT2D eigenvalue weighted by Crippen LogP contribution is 2.13. The van der Waals surface area contributed by atoms with Crippen LogP contribution in [0.2, 0.25) is 19.1 Å². The third-order valence-corrected chi connectivity index (χ3v) is 4.55. The molecule has 0 aliphatic heterocycles. The van der Waals surface area contributed by atoms with Gasteiger partial charge in [-0.3, -0.25) is 0 Å². The van der Waals surface area contributed by atoms with Crippen molar-refractivity contribution in [1.82, 2.24) is 4.90 Å². The first-order chi connectivity index (χ1) is 5.48. The van der Waals surface area contributed by atoms with Gasteiger partial charge in [-0.25, -0.2) is 0 Å². The van der Waals surface area contributed by atoms with Gasteiger partial charge < -0.3 is 9.33 Å². The lowest BCUT2D eigenvalue weighted by molar-refractivity contribution is 0.324. The minimum absolute atomic E-state index is 0.876. The molecule has 0 saturated carbocycles. The second kappa shape index (κ2) is 5.73. The average Bonchev–Trinajstić information content (AvgIpc) is 1.85. The molecule has 0 aromatic carbocycles. The Labute approximate surface area is 78.0 Å². The zero-order valence-electron chi connectivity index (χ0n) is 9.18. The second-order valence-electron chi connectivity index (χ2n) is 4.10. The van der Waals surface area contributed by atoms with Gasteiger partial charge in [0, 0.05) is 6.61 Å². The van der Waals surface area contributed by atoms with Gasteiger partial charge >= 0.3 is 0 Å². The third kappa shape index (κ3) is 6.82. The van der Waals surface area contributed by atoms with Crippen molar-refractivity contribution in [3.63, 3.8) is 0 Å². The summed E-state index contributed by atoms with van der Waals surface area (Å²) in [7, 11) is 2.94. The molecule has 0 heterocycles. The van der Waals surface area contributed by atoms with E-state index in [1.54, 1.807) is 0 Å². The van der Waals surface area contributed by atoms with Crippen LogP contribution in [0.5, 0.6) is 0 Å². The van der Waals surface area contributed by atoms with E-state index in [4.69, 9.17) is 4.43 Å². The van der Waals surface area contributed by atoms with Crippen LogP contribution in [0, 0.1) is 0 Å². The Morgan fingerprint density at radius 2 is 1.83 bits per heavy atom.